The van der Waals surface area contributed by atoms with Crippen LogP contribution in [0.2, 0.25) is 0 Å². The molecular formula is C16H25ClN2OS. The molecule has 3 nitrogen and oxygen atoms in total. The number of rotatable bonds is 3. The summed E-state index contributed by atoms with van der Waals surface area (Å²) in [6, 6.07) is 8.46. The normalized spacial score (nSPS) is 18.7. The molecule has 0 radical (unpaired) electrons. The monoisotopic (exact) mass is 328 g/mol. The van der Waals surface area contributed by atoms with Crippen LogP contribution in [0.5, 0.6) is 0 Å². The second kappa shape index (κ2) is 8.06. The Labute approximate surface area is 138 Å². The van der Waals surface area contributed by atoms with Crippen molar-refractivity contribution in [2.45, 2.75) is 38.6 Å². The first-order chi connectivity index (χ1) is 9.45. The molecule has 1 aromatic carbocycles. The molecular weight excluding hydrogens is 304 g/mol. The number of halogens is 1. The van der Waals surface area contributed by atoms with Crippen LogP contribution in [0.25, 0.3) is 0 Å². The van der Waals surface area contributed by atoms with E-state index in [1.54, 1.807) is 0 Å². The third kappa shape index (κ3) is 5.89. The van der Waals surface area contributed by atoms with E-state index >= 15 is 0 Å². The molecule has 1 fully saturated rings. The van der Waals surface area contributed by atoms with Crippen LogP contribution in [-0.2, 0) is 10.2 Å². The molecule has 1 amide bonds. The molecule has 0 spiro atoms. The summed E-state index contributed by atoms with van der Waals surface area (Å²) in [4.78, 5) is 12.0. The van der Waals surface area contributed by atoms with Gasteiger partial charge in [0, 0.05) is 36.2 Å². The van der Waals surface area contributed by atoms with Gasteiger partial charge in [-0.05, 0) is 23.1 Å². The lowest BCUT2D eigenvalue weighted by Gasteiger charge is -2.22. The van der Waals surface area contributed by atoms with Crippen LogP contribution >= 0.6 is 24.2 Å². The SMILES string of the molecule is CC(C)(C)c1ccc(NC(=O)CC2CSCCN2)cc1.Cl. The van der Waals surface area contributed by atoms with E-state index in [9.17, 15) is 4.79 Å². The summed E-state index contributed by atoms with van der Waals surface area (Å²) in [7, 11) is 0. The largest absolute Gasteiger partial charge is 0.326 e. The predicted molar refractivity (Wildman–Crippen MR) is 94.8 cm³/mol. The van der Waals surface area contributed by atoms with Gasteiger partial charge in [-0.3, -0.25) is 4.79 Å². The zero-order chi connectivity index (χ0) is 14.6. The number of carbonyl (C=O) groups excluding carboxylic acids is 1. The van der Waals surface area contributed by atoms with E-state index in [0.29, 0.717) is 12.5 Å². The Bertz CT molecular complexity index is 450. The smallest absolute Gasteiger partial charge is 0.225 e. The van der Waals surface area contributed by atoms with Crippen molar-refractivity contribution in [2.75, 3.05) is 23.4 Å². The van der Waals surface area contributed by atoms with Gasteiger partial charge in [-0.25, -0.2) is 0 Å². The Morgan fingerprint density at radius 3 is 2.52 bits per heavy atom. The molecule has 1 saturated heterocycles. The lowest BCUT2D eigenvalue weighted by atomic mass is 9.87. The number of anilines is 1. The lowest BCUT2D eigenvalue weighted by molar-refractivity contribution is -0.116. The van der Waals surface area contributed by atoms with E-state index in [2.05, 4.69) is 43.5 Å². The van der Waals surface area contributed by atoms with Crippen LogP contribution in [0.4, 0.5) is 5.69 Å². The average Bonchev–Trinajstić information content (AvgIpc) is 2.39. The molecule has 21 heavy (non-hydrogen) atoms. The average molecular weight is 329 g/mol. The first-order valence-corrected chi connectivity index (χ1v) is 8.32. The molecule has 0 aliphatic carbocycles. The molecule has 1 aromatic rings. The fourth-order valence-corrected chi connectivity index (χ4v) is 3.19. The first-order valence-electron chi connectivity index (χ1n) is 7.17. The van der Waals surface area contributed by atoms with Crippen molar-refractivity contribution in [3.05, 3.63) is 29.8 Å². The van der Waals surface area contributed by atoms with Crippen LogP contribution in [-0.4, -0.2) is 30.0 Å². The Balaban J connectivity index is 0.00000220. The van der Waals surface area contributed by atoms with Crippen LogP contribution < -0.4 is 10.6 Å². The number of nitrogens with one attached hydrogen (secondary N) is 2. The zero-order valence-electron chi connectivity index (χ0n) is 12.9. The molecule has 1 unspecified atom stereocenters. The summed E-state index contributed by atoms with van der Waals surface area (Å²) in [6.45, 7) is 7.57. The summed E-state index contributed by atoms with van der Waals surface area (Å²) in [5.41, 5.74) is 2.30. The third-order valence-electron chi connectivity index (χ3n) is 3.46. The molecule has 1 heterocycles. The molecule has 1 aliphatic rings. The fraction of sp³-hybridized carbons (Fsp3) is 0.562. The number of thioether (sulfide) groups is 1. The van der Waals surface area contributed by atoms with Crippen LogP contribution in [0.15, 0.2) is 24.3 Å². The highest BCUT2D eigenvalue weighted by atomic mass is 35.5. The molecule has 2 N–H and O–H groups in total. The molecule has 1 aliphatic heterocycles. The number of benzene rings is 1. The van der Waals surface area contributed by atoms with E-state index in [0.717, 1.165) is 23.7 Å². The van der Waals surface area contributed by atoms with Gasteiger partial charge in [0.1, 0.15) is 0 Å². The maximum atomic E-state index is 12.0. The second-order valence-electron chi connectivity index (χ2n) is 6.31. The number of amides is 1. The maximum Gasteiger partial charge on any atom is 0.225 e. The summed E-state index contributed by atoms with van der Waals surface area (Å²) < 4.78 is 0. The maximum absolute atomic E-state index is 12.0. The molecule has 0 aromatic heterocycles. The molecule has 2 rings (SSSR count). The fourth-order valence-electron chi connectivity index (χ4n) is 2.24. The molecule has 0 bridgehead atoms. The summed E-state index contributed by atoms with van der Waals surface area (Å²) in [5, 5.41) is 6.36. The van der Waals surface area contributed by atoms with Gasteiger partial charge < -0.3 is 10.6 Å². The predicted octanol–water partition coefficient (Wildman–Crippen LogP) is 3.44. The Kier molecular flexibility index (Phi) is 7.04. The van der Waals surface area contributed by atoms with E-state index in [4.69, 9.17) is 0 Å². The van der Waals surface area contributed by atoms with Crippen molar-refractivity contribution >= 4 is 35.8 Å². The number of hydrogen-bond acceptors (Lipinski definition) is 3. The minimum absolute atomic E-state index is 0. The summed E-state index contributed by atoms with van der Waals surface area (Å²) >= 11 is 1.91. The highest BCUT2D eigenvalue weighted by molar-refractivity contribution is 7.99. The highest BCUT2D eigenvalue weighted by Crippen LogP contribution is 2.23. The van der Waals surface area contributed by atoms with Gasteiger partial charge in [0.2, 0.25) is 5.91 Å². The zero-order valence-corrected chi connectivity index (χ0v) is 14.6. The minimum Gasteiger partial charge on any atom is -0.326 e. The van der Waals surface area contributed by atoms with Crippen LogP contribution in [0, 0.1) is 0 Å². The molecule has 0 saturated carbocycles. The quantitative estimate of drug-likeness (QED) is 0.893. The topological polar surface area (TPSA) is 41.1 Å². The van der Waals surface area contributed by atoms with Crippen molar-refractivity contribution in [3.8, 4) is 0 Å². The van der Waals surface area contributed by atoms with Gasteiger partial charge >= 0.3 is 0 Å². The van der Waals surface area contributed by atoms with Gasteiger partial charge in [0.15, 0.2) is 0 Å². The Morgan fingerprint density at radius 2 is 2.00 bits per heavy atom. The van der Waals surface area contributed by atoms with Crippen molar-refractivity contribution < 1.29 is 4.79 Å². The summed E-state index contributed by atoms with van der Waals surface area (Å²) in [5.74, 6) is 2.26. The standard InChI is InChI=1S/C16H24N2OS.ClH/c1-16(2,3)12-4-6-13(7-5-12)18-15(19)10-14-11-20-9-8-17-14;/h4-7,14,17H,8-11H2,1-3H3,(H,18,19);1H. The number of hydrogen-bond donors (Lipinski definition) is 2. The van der Waals surface area contributed by atoms with E-state index < -0.39 is 0 Å². The second-order valence-corrected chi connectivity index (χ2v) is 7.46. The summed E-state index contributed by atoms with van der Waals surface area (Å²) in [6.07, 6.45) is 0.550. The van der Waals surface area contributed by atoms with E-state index in [1.807, 2.05) is 23.9 Å². The Hall–Kier alpha value is -0.710. The lowest BCUT2D eigenvalue weighted by Crippen LogP contribution is -2.39. The third-order valence-corrected chi connectivity index (χ3v) is 4.60. The van der Waals surface area contributed by atoms with Gasteiger partial charge in [0.05, 0.1) is 0 Å². The number of carbonyl (C=O) groups is 1. The van der Waals surface area contributed by atoms with Crippen molar-refractivity contribution in [1.29, 1.82) is 0 Å². The van der Waals surface area contributed by atoms with E-state index in [-0.39, 0.29) is 23.7 Å². The van der Waals surface area contributed by atoms with Gasteiger partial charge in [0.25, 0.3) is 0 Å². The van der Waals surface area contributed by atoms with Crippen LogP contribution in [0.1, 0.15) is 32.8 Å². The molecule has 1 atom stereocenters. The first kappa shape index (κ1) is 18.3. The van der Waals surface area contributed by atoms with E-state index in [1.165, 1.54) is 5.56 Å². The van der Waals surface area contributed by atoms with Gasteiger partial charge in [-0.2, -0.15) is 11.8 Å². The van der Waals surface area contributed by atoms with Gasteiger partial charge in [-0.15, -0.1) is 12.4 Å². The van der Waals surface area contributed by atoms with Crippen molar-refractivity contribution in [1.82, 2.24) is 5.32 Å². The van der Waals surface area contributed by atoms with Crippen LogP contribution in [0.3, 0.4) is 0 Å². The highest BCUT2D eigenvalue weighted by Gasteiger charge is 2.17. The van der Waals surface area contributed by atoms with Crippen molar-refractivity contribution in [2.24, 2.45) is 0 Å². The molecule has 118 valence electrons. The Morgan fingerprint density at radius 1 is 1.33 bits per heavy atom. The minimum atomic E-state index is 0. The van der Waals surface area contributed by atoms with Gasteiger partial charge in [-0.1, -0.05) is 32.9 Å². The molecule has 5 heteroatoms. The van der Waals surface area contributed by atoms with Crippen molar-refractivity contribution in [3.63, 3.8) is 0 Å².